The molecular weight excluding hydrogens is 362 g/mol. The van der Waals surface area contributed by atoms with Crippen molar-refractivity contribution in [2.75, 3.05) is 59.4 Å². The lowest BCUT2D eigenvalue weighted by Crippen LogP contribution is -2.52. The van der Waals surface area contributed by atoms with E-state index < -0.39 is 0 Å². The molecule has 1 unspecified atom stereocenters. The molecule has 1 aliphatic carbocycles. The SMILES string of the molecule is CN=C(NCCN1CCN(C(=O)C2CCC2)CC1)N1CCC(c2ccccc2)C1. The fourth-order valence-electron chi connectivity index (χ4n) is 4.71. The van der Waals surface area contributed by atoms with E-state index in [9.17, 15) is 4.79 Å². The fraction of sp³-hybridized carbons (Fsp3) is 0.652. The summed E-state index contributed by atoms with van der Waals surface area (Å²) in [6, 6.07) is 10.8. The number of hydrogen-bond donors (Lipinski definition) is 1. The van der Waals surface area contributed by atoms with Crippen LogP contribution < -0.4 is 5.32 Å². The number of benzene rings is 1. The number of amides is 1. The highest BCUT2D eigenvalue weighted by molar-refractivity contribution is 5.80. The molecule has 3 fully saturated rings. The van der Waals surface area contributed by atoms with E-state index in [1.165, 1.54) is 18.4 Å². The van der Waals surface area contributed by atoms with Crippen LogP contribution in [0.2, 0.25) is 0 Å². The van der Waals surface area contributed by atoms with Crippen LogP contribution in [0.25, 0.3) is 0 Å². The van der Waals surface area contributed by atoms with E-state index in [0.29, 0.717) is 17.7 Å². The van der Waals surface area contributed by atoms with E-state index in [0.717, 1.165) is 71.2 Å². The minimum atomic E-state index is 0.326. The van der Waals surface area contributed by atoms with Crippen molar-refractivity contribution in [3.8, 4) is 0 Å². The minimum absolute atomic E-state index is 0.326. The number of carbonyl (C=O) groups is 1. The van der Waals surface area contributed by atoms with E-state index in [1.54, 1.807) is 0 Å². The van der Waals surface area contributed by atoms with Gasteiger partial charge in [0.2, 0.25) is 5.91 Å². The standard InChI is InChI=1S/C23H35N5O/c1-24-23(28-12-10-21(18-28)19-6-3-2-4-7-19)25-11-13-26-14-16-27(17-15-26)22(29)20-8-5-9-20/h2-4,6-7,20-21H,5,8-18H2,1H3,(H,24,25). The first-order chi connectivity index (χ1) is 14.2. The number of nitrogens with zero attached hydrogens (tertiary/aromatic N) is 4. The van der Waals surface area contributed by atoms with Crippen molar-refractivity contribution in [3.63, 3.8) is 0 Å². The summed E-state index contributed by atoms with van der Waals surface area (Å²) >= 11 is 0. The summed E-state index contributed by atoms with van der Waals surface area (Å²) in [5.74, 6) is 2.33. The van der Waals surface area contributed by atoms with Gasteiger partial charge >= 0.3 is 0 Å². The lowest BCUT2D eigenvalue weighted by atomic mass is 9.84. The Balaban J connectivity index is 1.17. The number of likely N-dealkylation sites (tertiary alicyclic amines) is 1. The van der Waals surface area contributed by atoms with Crippen LogP contribution in [0, 0.1) is 5.92 Å². The number of hydrogen-bond acceptors (Lipinski definition) is 3. The van der Waals surface area contributed by atoms with Gasteiger partial charge in [0.25, 0.3) is 0 Å². The quantitative estimate of drug-likeness (QED) is 0.610. The maximum atomic E-state index is 12.4. The zero-order valence-electron chi connectivity index (χ0n) is 17.7. The van der Waals surface area contributed by atoms with Gasteiger partial charge < -0.3 is 15.1 Å². The van der Waals surface area contributed by atoms with Gasteiger partial charge in [0.15, 0.2) is 5.96 Å². The summed E-state index contributed by atoms with van der Waals surface area (Å²) in [4.78, 5) is 23.8. The fourth-order valence-corrected chi connectivity index (χ4v) is 4.71. The first-order valence-electron chi connectivity index (χ1n) is 11.3. The topological polar surface area (TPSA) is 51.2 Å². The molecule has 1 amide bonds. The molecule has 0 bridgehead atoms. The summed E-state index contributed by atoms with van der Waals surface area (Å²) in [5.41, 5.74) is 1.43. The van der Waals surface area contributed by atoms with E-state index in [4.69, 9.17) is 0 Å². The predicted molar refractivity (Wildman–Crippen MR) is 117 cm³/mol. The Bertz CT molecular complexity index is 694. The summed E-state index contributed by atoms with van der Waals surface area (Å²) < 4.78 is 0. The van der Waals surface area contributed by atoms with E-state index in [2.05, 4.69) is 55.3 Å². The third kappa shape index (κ3) is 4.92. The maximum Gasteiger partial charge on any atom is 0.225 e. The van der Waals surface area contributed by atoms with Gasteiger partial charge in [0.05, 0.1) is 0 Å². The van der Waals surface area contributed by atoms with Gasteiger partial charge in [-0.3, -0.25) is 14.7 Å². The Kier molecular flexibility index (Phi) is 6.70. The van der Waals surface area contributed by atoms with Gasteiger partial charge in [-0.15, -0.1) is 0 Å². The van der Waals surface area contributed by atoms with Gasteiger partial charge in [-0.05, 0) is 24.8 Å². The Labute approximate surface area is 175 Å². The molecule has 1 N–H and O–H groups in total. The average molecular weight is 398 g/mol. The molecule has 1 aromatic rings. The van der Waals surface area contributed by atoms with Crippen molar-refractivity contribution >= 4 is 11.9 Å². The molecular formula is C23H35N5O. The highest BCUT2D eigenvalue weighted by atomic mass is 16.2. The zero-order valence-corrected chi connectivity index (χ0v) is 17.7. The second-order valence-corrected chi connectivity index (χ2v) is 8.61. The second kappa shape index (κ2) is 9.61. The molecule has 6 heteroatoms. The molecule has 1 saturated carbocycles. The van der Waals surface area contributed by atoms with Crippen molar-refractivity contribution in [2.24, 2.45) is 10.9 Å². The molecule has 0 aromatic heterocycles. The average Bonchev–Trinajstić information content (AvgIpc) is 3.21. The van der Waals surface area contributed by atoms with Crippen LogP contribution in [-0.4, -0.2) is 86.0 Å². The first kappa shape index (κ1) is 20.2. The molecule has 4 rings (SSSR count). The molecule has 3 aliphatic rings. The number of nitrogens with one attached hydrogen (secondary N) is 1. The molecule has 2 aliphatic heterocycles. The molecule has 0 spiro atoms. The molecule has 6 nitrogen and oxygen atoms in total. The smallest absolute Gasteiger partial charge is 0.225 e. The van der Waals surface area contributed by atoms with Crippen LogP contribution >= 0.6 is 0 Å². The van der Waals surface area contributed by atoms with Crippen LogP contribution in [0.4, 0.5) is 0 Å². The number of carbonyl (C=O) groups excluding carboxylic acids is 1. The van der Waals surface area contributed by atoms with Crippen LogP contribution in [0.3, 0.4) is 0 Å². The van der Waals surface area contributed by atoms with Crippen molar-refractivity contribution in [3.05, 3.63) is 35.9 Å². The Hall–Kier alpha value is -2.08. The van der Waals surface area contributed by atoms with Gasteiger partial charge in [-0.2, -0.15) is 0 Å². The monoisotopic (exact) mass is 397 g/mol. The lowest BCUT2D eigenvalue weighted by Gasteiger charge is -2.38. The van der Waals surface area contributed by atoms with Crippen LogP contribution in [0.1, 0.15) is 37.2 Å². The van der Waals surface area contributed by atoms with Crippen LogP contribution in [0.5, 0.6) is 0 Å². The molecule has 29 heavy (non-hydrogen) atoms. The maximum absolute atomic E-state index is 12.4. The van der Waals surface area contributed by atoms with Crippen molar-refractivity contribution < 1.29 is 4.79 Å². The Morgan fingerprint density at radius 2 is 1.79 bits per heavy atom. The Morgan fingerprint density at radius 1 is 1.03 bits per heavy atom. The molecule has 2 heterocycles. The van der Waals surface area contributed by atoms with Gasteiger partial charge in [0.1, 0.15) is 0 Å². The Morgan fingerprint density at radius 3 is 2.45 bits per heavy atom. The predicted octanol–water partition coefficient (Wildman–Crippen LogP) is 2.00. The number of aliphatic imine (C=N–C) groups is 1. The van der Waals surface area contributed by atoms with Crippen LogP contribution in [0.15, 0.2) is 35.3 Å². The number of piperazine rings is 1. The lowest BCUT2D eigenvalue weighted by molar-refractivity contribution is -0.139. The number of guanidine groups is 1. The summed E-state index contributed by atoms with van der Waals surface area (Å²) in [6.07, 6.45) is 4.61. The van der Waals surface area contributed by atoms with Crippen molar-refractivity contribution in [2.45, 2.75) is 31.6 Å². The van der Waals surface area contributed by atoms with Crippen molar-refractivity contribution in [1.82, 2.24) is 20.0 Å². The molecule has 158 valence electrons. The normalized spacial score (nSPS) is 23.9. The summed E-state index contributed by atoms with van der Waals surface area (Å²) in [7, 11) is 1.88. The molecule has 2 saturated heterocycles. The molecule has 1 aromatic carbocycles. The minimum Gasteiger partial charge on any atom is -0.355 e. The third-order valence-electron chi connectivity index (χ3n) is 6.82. The number of rotatable bonds is 5. The van der Waals surface area contributed by atoms with E-state index >= 15 is 0 Å². The summed E-state index contributed by atoms with van der Waals surface area (Å²) in [6.45, 7) is 7.73. The second-order valence-electron chi connectivity index (χ2n) is 8.61. The van der Waals surface area contributed by atoms with Gasteiger partial charge in [0, 0.05) is 71.2 Å². The largest absolute Gasteiger partial charge is 0.355 e. The van der Waals surface area contributed by atoms with Gasteiger partial charge in [-0.25, -0.2) is 0 Å². The van der Waals surface area contributed by atoms with E-state index in [1.807, 2.05) is 7.05 Å². The highest BCUT2D eigenvalue weighted by Gasteiger charge is 2.31. The third-order valence-corrected chi connectivity index (χ3v) is 6.82. The first-order valence-corrected chi connectivity index (χ1v) is 11.3. The zero-order chi connectivity index (χ0) is 20.1. The molecule has 1 atom stereocenters. The molecule has 0 radical (unpaired) electrons. The van der Waals surface area contributed by atoms with Gasteiger partial charge in [-0.1, -0.05) is 36.8 Å². The van der Waals surface area contributed by atoms with E-state index in [-0.39, 0.29) is 0 Å². The highest BCUT2D eigenvalue weighted by Crippen LogP contribution is 2.28. The van der Waals surface area contributed by atoms with Crippen LogP contribution in [-0.2, 0) is 4.79 Å². The van der Waals surface area contributed by atoms with Crippen molar-refractivity contribution in [1.29, 1.82) is 0 Å². The summed E-state index contributed by atoms with van der Waals surface area (Å²) in [5, 5.41) is 3.55.